The standard InChI is InChI=1S/C19H26N2O2/c1-3-4-17(11-12-20-2)5-6-18-7-9-19(10-8-18)21(13-15-22)14-16-23/h3-12,20,22-23H,1,13-16H2,2H3/p+1. The van der Waals surface area contributed by atoms with Gasteiger partial charge in [-0.25, -0.2) is 0 Å². The second kappa shape index (κ2) is 11.4. The van der Waals surface area contributed by atoms with E-state index in [2.05, 4.69) is 6.58 Å². The molecule has 0 aliphatic rings. The number of rotatable bonds is 10. The van der Waals surface area contributed by atoms with Crippen molar-refractivity contribution in [2.75, 3.05) is 38.3 Å². The molecule has 4 nitrogen and oxygen atoms in total. The number of aliphatic hydroxyl groups excluding tert-OH is 2. The molecule has 0 spiro atoms. The molecule has 124 valence electrons. The summed E-state index contributed by atoms with van der Waals surface area (Å²) in [7, 11) is 1.98. The smallest absolute Gasteiger partial charge is 0.0929 e. The lowest BCUT2D eigenvalue weighted by Crippen LogP contribution is -2.72. The predicted molar refractivity (Wildman–Crippen MR) is 97.1 cm³/mol. The van der Waals surface area contributed by atoms with Crippen LogP contribution >= 0.6 is 0 Å². The van der Waals surface area contributed by atoms with Crippen LogP contribution in [0.4, 0.5) is 5.69 Å². The normalized spacial score (nSPS) is 12.2. The lowest BCUT2D eigenvalue weighted by atomic mass is 10.1. The monoisotopic (exact) mass is 315 g/mol. The minimum atomic E-state index is 0.0676. The molecule has 1 aromatic rings. The Hall–Kier alpha value is -2.14. The van der Waals surface area contributed by atoms with Gasteiger partial charge in [-0.15, -0.1) is 0 Å². The van der Waals surface area contributed by atoms with E-state index in [9.17, 15) is 0 Å². The summed E-state index contributed by atoms with van der Waals surface area (Å²) in [5.74, 6) is 0. The number of anilines is 1. The Morgan fingerprint density at radius 2 is 1.78 bits per heavy atom. The van der Waals surface area contributed by atoms with Crippen molar-refractivity contribution in [2.24, 2.45) is 0 Å². The summed E-state index contributed by atoms with van der Waals surface area (Å²) in [6.45, 7) is 4.89. The van der Waals surface area contributed by atoms with Gasteiger partial charge in [-0.2, -0.15) is 0 Å². The highest BCUT2D eigenvalue weighted by molar-refractivity contribution is 5.59. The highest BCUT2D eigenvalue weighted by atomic mass is 16.3. The van der Waals surface area contributed by atoms with Crippen molar-refractivity contribution in [3.63, 3.8) is 0 Å². The van der Waals surface area contributed by atoms with Gasteiger partial charge in [0, 0.05) is 18.8 Å². The third-order valence-corrected chi connectivity index (χ3v) is 3.26. The first-order valence-electron chi connectivity index (χ1n) is 7.78. The van der Waals surface area contributed by atoms with E-state index in [4.69, 9.17) is 10.2 Å². The highest BCUT2D eigenvalue weighted by Crippen LogP contribution is 2.16. The Kier molecular flexibility index (Phi) is 9.40. The van der Waals surface area contributed by atoms with Gasteiger partial charge in [-0.1, -0.05) is 43.0 Å². The molecule has 0 saturated heterocycles. The van der Waals surface area contributed by atoms with Crippen LogP contribution in [0.25, 0.3) is 6.08 Å². The average molecular weight is 315 g/mol. The predicted octanol–water partition coefficient (Wildman–Crippen LogP) is 1.31. The lowest BCUT2D eigenvalue weighted by molar-refractivity contribution is -0.556. The second-order valence-corrected chi connectivity index (χ2v) is 4.95. The number of nitrogens with two attached hydrogens (primary N) is 1. The zero-order valence-corrected chi connectivity index (χ0v) is 13.7. The zero-order chi connectivity index (χ0) is 16.9. The molecule has 23 heavy (non-hydrogen) atoms. The third kappa shape index (κ3) is 7.10. The first-order valence-corrected chi connectivity index (χ1v) is 7.78. The Morgan fingerprint density at radius 1 is 1.13 bits per heavy atom. The van der Waals surface area contributed by atoms with E-state index >= 15 is 0 Å². The average Bonchev–Trinajstić information content (AvgIpc) is 2.58. The quantitative estimate of drug-likeness (QED) is 0.571. The number of quaternary nitrogens is 1. The molecule has 0 amide bonds. The van der Waals surface area contributed by atoms with Crippen LogP contribution in [-0.2, 0) is 0 Å². The van der Waals surface area contributed by atoms with Gasteiger partial charge >= 0.3 is 0 Å². The summed E-state index contributed by atoms with van der Waals surface area (Å²) in [5, 5.41) is 20.2. The molecule has 0 aliphatic heterocycles. The maximum Gasteiger partial charge on any atom is 0.0929 e. The largest absolute Gasteiger partial charge is 0.395 e. The van der Waals surface area contributed by atoms with Crippen LogP contribution in [0.1, 0.15) is 5.56 Å². The SMILES string of the molecule is C=CC=C(C=C[NH2+]C)C=Cc1ccc(N(CCO)CCO)cc1. The molecule has 1 aromatic carbocycles. The third-order valence-electron chi connectivity index (χ3n) is 3.26. The van der Waals surface area contributed by atoms with Gasteiger partial charge < -0.3 is 20.4 Å². The van der Waals surface area contributed by atoms with Crippen LogP contribution in [0.2, 0.25) is 0 Å². The van der Waals surface area contributed by atoms with Crippen molar-refractivity contribution in [2.45, 2.75) is 0 Å². The van der Waals surface area contributed by atoms with Crippen molar-refractivity contribution < 1.29 is 15.5 Å². The number of aliphatic hydroxyl groups is 2. The fourth-order valence-electron chi connectivity index (χ4n) is 2.11. The van der Waals surface area contributed by atoms with Crippen molar-refractivity contribution >= 4 is 11.8 Å². The van der Waals surface area contributed by atoms with Crippen LogP contribution in [0.5, 0.6) is 0 Å². The molecule has 0 aromatic heterocycles. The first kappa shape index (κ1) is 18.9. The van der Waals surface area contributed by atoms with Gasteiger partial charge in [0.1, 0.15) is 0 Å². The maximum absolute atomic E-state index is 9.09. The summed E-state index contributed by atoms with van der Waals surface area (Å²) in [4.78, 5) is 1.95. The van der Waals surface area contributed by atoms with E-state index in [1.807, 2.05) is 72.0 Å². The van der Waals surface area contributed by atoms with Crippen LogP contribution < -0.4 is 10.2 Å². The number of hydrogen-bond acceptors (Lipinski definition) is 3. The highest BCUT2D eigenvalue weighted by Gasteiger charge is 2.04. The number of hydrogen-bond donors (Lipinski definition) is 3. The lowest BCUT2D eigenvalue weighted by Gasteiger charge is -2.22. The van der Waals surface area contributed by atoms with E-state index in [-0.39, 0.29) is 13.2 Å². The molecule has 0 saturated carbocycles. The zero-order valence-electron chi connectivity index (χ0n) is 13.7. The molecular weight excluding hydrogens is 288 g/mol. The van der Waals surface area contributed by atoms with E-state index in [0.29, 0.717) is 13.1 Å². The Bertz CT molecular complexity index is 539. The van der Waals surface area contributed by atoms with E-state index in [0.717, 1.165) is 16.8 Å². The van der Waals surface area contributed by atoms with Crippen molar-refractivity contribution in [3.05, 3.63) is 72.5 Å². The summed E-state index contributed by atoms with van der Waals surface area (Å²) < 4.78 is 0. The van der Waals surface area contributed by atoms with Crippen molar-refractivity contribution in [1.82, 2.24) is 0 Å². The Balaban J connectivity index is 2.82. The number of nitrogens with zero attached hydrogens (tertiary/aromatic N) is 1. The molecule has 0 unspecified atom stereocenters. The minimum Gasteiger partial charge on any atom is -0.395 e. The maximum atomic E-state index is 9.09. The molecule has 0 bridgehead atoms. The van der Waals surface area contributed by atoms with Gasteiger partial charge in [0.25, 0.3) is 0 Å². The molecule has 0 aliphatic carbocycles. The summed E-state index contributed by atoms with van der Waals surface area (Å²) in [5.41, 5.74) is 3.16. The molecule has 1 rings (SSSR count). The molecule has 4 heteroatoms. The number of benzene rings is 1. The first-order chi connectivity index (χ1) is 11.2. The summed E-state index contributed by atoms with van der Waals surface area (Å²) in [6, 6.07) is 8.04. The van der Waals surface area contributed by atoms with Gasteiger partial charge in [0.05, 0.1) is 26.5 Å². The van der Waals surface area contributed by atoms with Crippen LogP contribution in [0, 0.1) is 0 Å². The van der Waals surface area contributed by atoms with E-state index in [1.165, 1.54) is 0 Å². The van der Waals surface area contributed by atoms with E-state index in [1.54, 1.807) is 6.08 Å². The number of allylic oxidation sites excluding steroid dienone is 5. The van der Waals surface area contributed by atoms with Crippen molar-refractivity contribution in [1.29, 1.82) is 0 Å². The molecule has 4 N–H and O–H groups in total. The van der Waals surface area contributed by atoms with Gasteiger partial charge in [-0.3, -0.25) is 0 Å². The molecule has 0 radical (unpaired) electrons. The molecule has 0 atom stereocenters. The van der Waals surface area contributed by atoms with E-state index < -0.39 is 0 Å². The Labute approximate surface area is 138 Å². The van der Waals surface area contributed by atoms with Crippen LogP contribution in [-0.4, -0.2) is 43.6 Å². The fourth-order valence-corrected chi connectivity index (χ4v) is 2.11. The summed E-state index contributed by atoms with van der Waals surface area (Å²) in [6.07, 6.45) is 11.8. The van der Waals surface area contributed by atoms with Crippen molar-refractivity contribution in [3.8, 4) is 0 Å². The van der Waals surface area contributed by atoms with Crippen LogP contribution in [0.3, 0.4) is 0 Å². The summed E-state index contributed by atoms with van der Waals surface area (Å²) >= 11 is 0. The molecular formula is C19H27N2O2+. The molecule has 0 heterocycles. The topological polar surface area (TPSA) is 60.3 Å². The Morgan fingerprint density at radius 3 is 2.30 bits per heavy atom. The van der Waals surface area contributed by atoms with Gasteiger partial charge in [0.15, 0.2) is 0 Å². The van der Waals surface area contributed by atoms with Crippen LogP contribution in [0.15, 0.2) is 66.9 Å². The van der Waals surface area contributed by atoms with Gasteiger partial charge in [-0.05, 0) is 29.3 Å². The second-order valence-electron chi connectivity index (χ2n) is 4.95. The minimum absolute atomic E-state index is 0.0676. The fraction of sp³-hybridized carbons (Fsp3) is 0.263. The van der Waals surface area contributed by atoms with Gasteiger partial charge in [0.2, 0.25) is 0 Å². The molecule has 0 fully saturated rings.